The zero-order valence-corrected chi connectivity index (χ0v) is 14.4. The van der Waals surface area contributed by atoms with E-state index in [1.54, 1.807) is 49.1 Å². The SMILES string of the molecule is Cc1cc(C(=O)Nc2cccc(C(=O)N3CCCC(O)C3)c2)c(C)o1. The van der Waals surface area contributed by atoms with Gasteiger partial charge in [-0.15, -0.1) is 0 Å². The van der Waals surface area contributed by atoms with Gasteiger partial charge < -0.3 is 19.7 Å². The highest BCUT2D eigenvalue weighted by molar-refractivity contribution is 6.05. The quantitative estimate of drug-likeness (QED) is 0.898. The minimum Gasteiger partial charge on any atom is -0.466 e. The van der Waals surface area contributed by atoms with Crippen molar-refractivity contribution in [3.63, 3.8) is 0 Å². The fourth-order valence-corrected chi connectivity index (χ4v) is 3.11. The van der Waals surface area contributed by atoms with Crippen molar-refractivity contribution < 1.29 is 19.1 Å². The third-order valence-corrected chi connectivity index (χ3v) is 4.34. The van der Waals surface area contributed by atoms with Gasteiger partial charge in [0.15, 0.2) is 0 Å². The summed E-state index contributed by atoms with van der Waals surface area (Å²) in [5.74, 6) is 0.831. The maximum atomic E-state index is 12.6. The average Bonchev–Trinajstić information content (AvgIpc) is 2.93. The second-order valence-corrected chi connectivity index (χ2v) is 6.41. The molecule has 0 aliphatic carbocycles. The second kappa shape index (κ2) is 7.11. The number of hydrogen-bond acceptors (Lipinski definition) is 4. The molecule has 1 aromatic heterocycles. The maximum absolute atomic E-state index is 12.6. The molecular weight excluding hydrogens is 320 g/mol. The van der Waals surface area contributed by atoms with Gasteiger partial charge in [-0.25, -0.2) is 0 Å². The fourth-order valence-electron chi connectivity index (χ4n) is 3.11. The Morgan fingerprint density at radius 3 is 2.76 bits per heavy atom. The number of rotatable bonds is 3. The summed E-state index contributed by atoms with van der Waals surface area (Å²) in [5, 5.41) is 12.5. The van der Waals surface area contributed by atoms with Gasteiger partial charge in [0.2, 0.25) is 0 Å². The van der Waals surface area contributed by atoms with Crippen molar-refractivity contribution in [2.24, 2.45) is 0 Å². The number of aliphatic hydroxyl groups is 1. The molecule has 1 aliphatic heterocycles. The molecule has 0 bridgehead atoms. The third-order valence-electron chi connectivity index (χ3n) is 4.34. The van der Waals surface area contributed by atoms with Gasteiger partial charge in [-0.2, -0.15) is 0 Å². The lowest BCUT2D eigenvalue weighted by molar-refractivity contribution is 0.0474. The monoisotopic (exact) mass is 342 g/mol. The van der Waals surface area contributed by atoms with Crippen LogP contribution < -0.4 is 5.32 Å². The number of carbonyl (C=O) groups is 2. The van der Waals surface area contributed by atoms with Gasteiger partial charge in [-0.05, 0) is 51.0 Å². The number of carbonyl (C=O) groups excluding carboxylic acids is 2. The van der Waals surface area contributed by atoms with Crippen LogP contribution in [-0.2, 0) is 0 Å². The first-order valence-corrected chi connectivity index (χ1v) is 8.40. The fraction of sp³-hybridized carbons (Fsp3) is 0.368. The Hall–Kier alpha value is -2.60. The number of likely N-dealkylation sites (tertiary alicyclic amines) is 1. The van der Waals surface area contributed by atoms with Crippen LogP contribution in [0.4, 0.5) is 5.69 Å². The van der Waals surface area contributed by atoms with E-state index in [-0.39, 0.29) is 11.8 Å². The molecule has 6 nitrogen and oxygen atoms in total. The molecule has 1 fully saturated rings. The molecule has 6 heteroatoms. The summed E-state index contributed by atoms with van der Waals surface area (Å²) in [6.45, 7) is 4.52. The number of β-amino-alcohol motifs (C(OH)–C–C–N with tert-alkyl or cyclic N) is 1. The lowest BCUT2D eigenvalue weighted by Crippen LogP contribution is -2.42. The largest absolute Gasteiger partial charge is 0.466 e. The number of nitrogens with one attached hydrogen (secondary N) is 1. The first-order chi connectivity index (χ1) is 11.9. The molecule has 0 saturated carbocycles. The number of piperidine rings is 1. The zero-order valence-electron chi connectivity index (χ0n) is 14.4. The van der Waals surface area contributed by atoms with Gasteiger partial charge >= 0.3 is 0 Å². The van der Waals surface area contributed by atoms with E-state index in [4.69, 9.17) is 4.42 Å². The molecular formula is C19H22N2O4. The van der Waals surface area contributed by atoms with E-state index in [0.29, 0.717) is 41.4 Å². The van der Waals surface area contributed by atoms with E-state index in [0.717, 1.165) is 12.8 Å². The number of furan rings is 1. The van der Waals surface area contributed by atoms with Crippen molar-refractivity contribution in [1.29, 1.82) is 0 Å². The standard InChI is InChI=1S/C19H22N2O4/c1-12-9-17(13(2)25-12)18(23)20-15-6-3-5-14(10-15)19(24)21-8-4-7-16(22)11-21/h3,5-6,9-10,16,22H,4,7-8,11H2,1-2H3,(H,20,23). The van der Waals surface area contributed by atoms with E-state index in [1.165, 1.54) is 0 Å². The van der Waals surface area contributed by atoms with Crippen LogP contribution in [-0.4, -0.2) is 41.0 Å². The summed E-state index contributed by atoms with van der Waals surface area (Å²) in [7, 11) is 0. The average molecular weight is 342 g/mol. The normalized spacial score (nSPS) is 17.4. The molecule has 2 N–H and O–H groups in total. The molecule has 1 atom stereocenters. The van der Waals surface area contributed by atoms with Crippen LogP contribution in [0.2, 0.25) is 0 Å². The summed E-state index contributed by atoms with van der Waals surface area (Å²) < 4.78 is 5.38. The first kappa shape index (κ1) is 17.2. The Kier molecular flexibility index (Phi) is 4.90. The van der Waals surface area contributed by atoms with Crippen molar-refractivity contribution >= 4 is 17.5 Å². The Bertz CT molecular complexity index is 796. The minimum atomic E-state index is -0.465. The van der Waals surface area contributed by atoms with Crippen LogP contribution in [0.15, 0.2) is 34.7 Å². The highest BCUT2D eigenvalue weighted by Crippen LogP contribution is 2.19. The highest BCUT2D eigenvalue weighted by Gasteiger charge is 2.23. The number of aliphatic hydroxyl groups excluding tert-OH is 1. The summed E-state index contributed by atoms with van der Waals surface area (Å²) >= 11 is 0. The molecule has 1 unspecified atom stereocenters. The summed E-state index contributed by atoms with van der Waals surface area (Å²) in [6, 6.07) is 8.53. The molecule has 2 aromatic rings. The van der Waals surface area contributed by atoms with Gasteiger partial charge in [0.25, 0.3) is 11.8 Å². The van der Waals surface area contributed by atoms with Crippen LogP contribution in [0, 0.1) is 13.8 Å². The lowest BCUT2D eigenvalue weighted by Gasteiger charge is -2.30. The van der Waals surface area contributed by atoms with Crippen molar-refractivity contribution in [2.45, 2.75) is 32.8 Å². The molecule has 0 spiro atoms. The second-order valence-electron chi connectivity index (χ2n) is 6.41. The Morgan fingerprint density at radius 2 is 2.08 bits per heavy atom. The van der Waals surface area contributed by atoms with E-state index in [1.807, 2.05) is 0 Å². The Balaban J connectivity index is 1.74. The number of amides is 2. The first-order valence-electron chi connectivity index (χ1n) is 8.40. The Labute approximate surface area is 146 Å². The van der Waals surface area contributed by atoms with Crippen LogP contribution in [0.1, 0.15) is 45.1 Å². The topological polar surface area (TPSA) is 82.8 Å². The zero-order chi connectivity index (χ0) is 18.0. The molecule has 0 radical (unpaired) electrons. The van der Waals surface area contributed by atoms with Gasteiger partial charge in [0, 0.05) is 24.3 Å². The number of aryl methyl sites for hydroxylation is 2. The molecule has 132 valence electrons. The van der Waals surface area contributed by atoms with Crippen LogP contribution in [0.5, 0.6) is 0 Å². The number of benzene rings is 1. The van der Waals surface area contributed by atoms with Gasteiger partial charge in [0.05, 0.1) is 11.7 Å². The number of anilines is 1. The molecule has 1 aliphatic rings. The van der Waals surface area contributed by atoms with Crippen LogP contribution in [0.3, 0.4) is 0 Å². The predicted octanol–water partition coefficient (Wildman–Crippen LogP) is 2.75. The minimum absolute atomic E-state index is 0.134. The van der Waals surface area contributed by atoms with E-state index in [9.17, 15) is 14.7 Å². The van der Waals surface area contributed by atoms with Gasteiger partial charge in [-0.3, -0.25) is 9.59 Å². The summed E-state index contributed by atoms with van der Waals surface area (Å²) in [6.07, 6.45) is 1.05. The smallest absolute Gasteiger partial charge is 0.259 e. The van der Waals surface area contributed by atoms with Gasteiger partial charge in [-0.1, -0.05) is 6.07 Å². The van der Waals surface area contributed by atoms with Crippen LogP contribution >= 0.6 is 0 Å². The number of nitrogens with zero attached hydrogens (tertiary/aromatic N) is 1. The van der Waals surface area contributed by atoms with E-state index in [2.05, 4.69) is 5.32 Å². The lowest BCUT2D eigenvalue weighted by atomic mass is 10.1. The van der Waals surface area contributed by atoms with Gasteiger partial charge in [0.1, 0.15) is 11.5 Å². The highest BCUT2D eigenvalue weighted by atomic mass is 16.3. The maximum Gasteiger partial charge on any atom is 0.259 e. The molecule has 25 heavy (non-hydrogen) atoms. The molecule has 1 aromatic carbocycles. The molecule has 2 amide bonds. The summed E-state index contributed by atoms with van der Waals surface area (Å²) in [4.78, 5) is 26.6. The van der Waals surface area contributed by atoms with Crippen molar-refractivity contribution in [1.82, 2.24) is 4.90 Å². The van der Waals surface area contributed by atoms with Crippen LogP contribution in [0.25, 0.3) is 0 Å². The molecule has 2 heterocycles. The molecule has 3 rings (SSSR count). The van der Waals surface area contributed by atoms with E-state index < -0.39 is 6.10 Å². The predicted molar refractivity (Wildman–Crippen MR) is 93.7 cm³/mol. The van der Waals surface area contributed by atoms with E-state index >= 15 is 0 Å². The summed E-state index contributed by atoms with van der Waals surface area (Å²) in [5.41, 5.74) is 1.52. The van der Waals surface area contributed by atoms with Crippen molar-refractivity contribution in [2.75, 3.05) is 18.4 Å². The number of hydrogen-bond donors (Lipinski definition) is 2. The third kappa shape index (κ3) is 3.91. The molecule has 1 saturated heterocycles. The van der Waals surface area contributed by atoms with Crippen molar-refractivity contribution in [3.8, 4) is 0 Å². The van der Waals surface area contributed by atoms with Crippen molar-refractivity contribution in [3.05, 3.63) is 53.0 Å². The Morgan fingerprint density at radius 1 is 1.28 bits per heavy atom.